The van der Waals surface area contributed by atoms with Gasteiger partial charge in [0.1, 0.15) is 0 Å². The molecule has 0 aliphatic rings. The maximum atomic E-state index is 11.6. The molecule has 86 valence electrons. The summed E-state index contributed by atoms with van der Waals surface area (Å²) >= 11 is 0. The molecule has 16 heavy (non-hydrogen) atoms. The maximum Gasteiger partial charge on any atom is 0.331 e. The third-order valence-electron chi connectivity index (χ3n) is 2.37. The molecule has 0 bridgehead atoms. The largest absolute Gasteiger partial charge is 0.331 e. The van der Waals surface area contributed by atoms with E-state index in [2.05, 4.69) is 15.3 Å². The molecule has 2 aromatic heterocycles. The number of rotatable bonds is 3. The minimum Gasteiger partial charge on any atom is -0.328 e. The number of fused-ring (bicyclic) bond motifs is 1. The van der Waals surface area contributed by atoms with Gasteiger partial charge in [0, 0.05) is 7.05 Å². The maximum absolute atomic E-state index is 11.6. The minimum absolute atomic E-state index is 0.333. The molecule has 0 atom stereocenters. The van der Waals surface area contributed by atoms with Crippen LogP contribution in [0.4, 0.5) is 0 Å². The van der Waals surface area contributed by atoms with Gasteiger partial charge in [-0.25, -0.2) is 9.78 Å². The second-order valence-corrected chi connectivity index (χ2v) is 3.48. The Hall–Kier alpha value is -1.89. The Balaban J connectivity index is 2.72. The number of hydrogen-bond acceptors (Lipinski definition) is 4. The van der Waals surface area contributed by atoms with Gasteiger partial charge in [0.25, 0.3) is 5.56 Å². The van der Waals surface area contributed by atoms with E-state index in [0.717, 1.165) is 6.54 Å². The van der Waals surface area contributed by atoms with Crippen LogP contribution >= 0.6 is 0 Å². The van der Waals surface area contributed by atoms with Crippen LogP contribution in [0.25, 0.3) is 11.2 Å². The fraction of sp³-hybridized carbons (Fsp3) is 0.444. The summed E-state index contributed by atoms with van der Waals surface area (Å²) in [5.74, 6) is 0. The Morgan fingerprint density at radius 2 is 2.25 bits per heavy atom. The molecule has 0 radical (unpaired) electrons. The topological polar surface area (TPSA) is 84.7 Å². The molecule has 0 spiro atoms. The highest BCUT2D eigenvalue weighted by Crippen LogP contribution is 2.02. The average molecular weight is 223 g/mol. The van der Waals surface area contributed by atoms with Crippen LogP contribution in [0.5, 0.6) is 0 Å². The molecule has 7 heteroatoms. The zero-order chi connectivity index (χ0) is 11.7. The molecule has 0 amide bonds. The van der Waals surface area contributed by atoms with E-state index < -0.39 is 11.2 Å². The summed E-state index contributed by atoms with van der Waals surface area (Å²) in [6, 6.07) is 0. The zero-order valence-corrected chi connectivity index (χ0v) is 9.15. The van der Waals surface area contributed by atoms with E-state index in [9.17, 15) is 9.59 Å². The van der Waals surface area contributed by atoms with Gasteiger partial charge in [-0.05, 0) is 6.54 Å². The number of H-pyrrole nitrogens is 1. The standard InChI is InChI=1S/C9H13N5O2/c1-3-10-4-14-7-6(13(2)5-11-7)8(15)12-9(14)16/h5,10H,3-4H2,1-2H3,(H,12,15,16). The van der Waals surface area contributed by atoms with Gasteiger partial charge in [-0.2, -0.15) is 0 Å². The first-order valence-electron chi connectivity index (χ1n) is 5.00. The van der Waals surface area contributed by atoms with Crippen LogP contribution in [0.3, 0.4) is 0 Å². The highest BCUT2D eigenvalue weighted by atomic mass is 16.2. The highest BCUT2D eigenvalue weighted by molar-refractivity contribution is 5.69. The highest BCUT2D eigenvalue weighted by Gasteiger charge is 2.10. The second kappa shape index (κ2) is 3.93. The first-order chi connectivity index (χ1) is 7.65. The number of aromatic nitrogens is 4. The van der Waals surface area contributed by atoms with Gasteiger partial charge in [0.2, 0.25) is 0 Å². The Kier molecular flexibility index (Phi) is 2.61. The fourth-order valence-corrected chi connectivity index (χ4v) is 1.57. The lowest BCUT2D eigenvalue weighted by molar-refractivity contribution is 0.562. The van der Waals surface area contributed by atoms with E-state index in [0.29, 0.717) is 17.8 Å². The van der Waals surface area contributed by atoms with Crippen molar-refractivity contribution < 1.29 is 0 Å². The number of imidazole rings is 1. The third-order valence-corrected chi connectivity index (χ3v) is 2.37. The number of aromatic amines is 1. The zero-order valence-electron chi connectivity index (χ0n) is 9.15. The predicted molar refractivity (Wildman–Crippen MR) is 59.3 cm³/mol. The molecule has 0 unspecified atom stereocenters. The summed E-state index contributed by atoms with van der Waals surface area (Å²) in [6.45, 7) is 3.01. The molecule has 0 saturated carbocycles. The van der Waals surface area contributed by atoms with Gasteiger partial charge in [-0.3, -0.25) is 19.7 Å². The average Bonchev–Trinajstić information content (AvgIpc) is 2.61. The van der Waals surface area contributed by atoms with Gasteiger partial charge in [0.05, 0.1) is 13.0 Å². The van der Waals surface area contributed by atoms with Crippen LogP contribution in [0.1, 0.15) is 6.92 Å². The van der Waals surface area contributed by atoms with Gasteiger partial charge < -0.3 is 4.57 Å². The number of nitrogens with zero attached hydrogens (tertiary/aromatic N) is 3. The van der Waals surface area contributed by atoms with Crippen molar-refractivity contribution >= 4 is 11.2 Å². The summed E-state index contributed by atoms with van der Waals surface area (Å²) in [4.78, 5) is 29.5. The summed E-state index contributed by atoms with van der Waals surface area (Å²) < 4.78 is 3.00. The van der Waals surface area contributed by atoms with E-state index >= 15 is 0 Å². The van der Waals surface area contributed by atoms with Gasteiger partial charge >= 0.3 is 5.69 Å². The normalized spacial score (nSPS) is 11.1. The fourth-order valence-electron chi connectivity index (χ4n) is 1.57. The Morgan fingerprint density at radius 1 is 1.50 bits per heavy atom. The first-order valence-corrected chi connectivity index (χ1v) is 5.00. The molecule has 2 aromatic rings. The summed E-state index contributed by atoms with van der Waals surface area (Å²) in [6.07, 6.45) is 1.52. The van der Waals surface area contributed by atoms with Gasteiger partial charge in [0.15, 0.2) is 11.2 Å². The Labute approximate surface area is 90.7 Å². The summed E-state index contributed by atoms with van der Waals surface area (Å²) in [5, 5.41) is 3.02. The van der Waals surface area contributed by atoms with E-state index in [1.54, 1.807) is 11.6 Å². The predicted octanol–water partition coefficient (Wildman–Crippen LogP) is -1.01. The van der Waals surface area contributed by atoms with Gasteiger partial charge in [-0.15, -0.1) is 0 Å². The first kappa shape index (κ1) is 10.6. The number of hydrogen-bond donors (Lipinski definition) is 2. The van der Waals surface area contributed by atoms with Gasteiger partial charge in [-0.1, -0.05) is 6.92 Å². The molecular weight excluding hydrogens is 210 g/mol. The molecule has 7 nitrogen and oxygen atoms in total. The summed E-state index contributed by atoms with van der Waals surface area (Å²) in [7, 11) is 1.71. The molecule has 0 aliphatic heterocycles. The molecule has 0 aliphatic carbocycles. The Morgan fingerprint density at radius 3 is 2.94 bits per heavy atom. The van der Waals surface area contributed by atoms with Crippen LogP contribution < -0.4 is 16.6 Å². The molecule has 2 rings (SSSR count). The van der Waals surface area contributed by atoms with E-state index in [-0.39, 0.29) is 0 Å². The summed E-state index contributed by atoms with van der Waals surface area (Å²) in [5.41, 5.74) is -0.0559. The lowest BCUT2D eigenvalue weighted by Gasteiger charge is -2.05. The SMILES string of the molecule is CCNCn1c(=O)[nH]c(=O)c2c1ncn2C. The van der Waals surface area contributed by atoms with E-state index in [1.807, 2.05) is 6.92 Å². The monoisotopic (exact) mass is 223 g/mol. The van der Waals surface area contributed by atoms with Crippen LogP contribution in [-0.4, -0.2) is 25.6 Å². The van der Waals surface area contributed by atoms with E-state index in [4.69, 9.17) is 0 Å². The molecule has 0 fully saturated rings. The van der Waals surface area contributed by atoms with Crippen LogP contribution in [0.2, 0.25) is 0 Å². The van der Waals surface area contributed by atoms with Crippen molar-refractivity contribution in [2.45, 2.75) is 13.6 Å². The van der Waals surface area contributed by atoms with Crippen LogP contribution in [0, 0.1) is 0 Å². The molecule has 0 aromatic carbocycles. The lowest BCUT2D eigenvalue weighted by atomic mass is 10.5. The lowest BCUT2D eigenvalue weighted by Crippen LogP contribution is -2.34. The van der Waals surface area contributed by atoms with Crippen molar-refractivity contribution in [2.75, 3.05) is 6.54 Å². The quantitative estimate of drug-likeness (QED) is 0.698. The molecule has 0 saturated heterocycles. The van der Waals surface area contributed by atoms with Crippen LogP contribution in [0.15, 0.2) is 15.9 Å². The minimum atomic E-state index is -0.447. The number of aryl methyl sites for hydroxylation is 1. The van der Waals surface area contributed by atoms with Crippen molar-refractivity contribution in [1.82, 2.24) is 24.4 Å². The van der Waals surface area contributed by atoms with Crippen molar-refractivity contribution in [1.29, 1.82) is 0 Å². The smallest absolute Gasteiger partial charge is 0.328 e. The molecule has 2 N–H and O–H groups in total. The van der Waals surface area contributed by atoms with Crippen molar-refractivity contribution in [3.63, 3.8) is 0 Å². The van der Waals surface area contributed by atoms with E-state index in [1.165, 1.54) is 10.9 Å². The van der Waals surface area contributed by atoms with Crippen molar-refractivity contribution in [3.05, 3.63) is 27.2 Å². The third kappa shape index (κ3) is 1.54. The Bertz CT molecular complexity index is 621. The van der Waals surface area contributed by atoms with Crippen LogP contribution in [-0.2, 0) is 13.7 Å². The molecule has 2 heterocycles. The molecular formula is C9H13N5O2. The van der Waals surface area contributed by atoms with Crippen molar-refractivity contribution in [3.8, 4) is 0 Å². The number of nitrogens with one attached hydrogen (secondary N) is 2. The second-order valence-electron chi connectivity index (χ2n) is 3.48. The van der Waals surface area contributed by atoms with Crippen molar-refractivity contribution in [2.24, 2.45) is 7.05 Å².